The van der Waals surface area contributed by atoms with Crippen molar-refractivity contribution in [2.45, 2.75) is 5.22 Å². The van der Waals surface area contributed by atoms with Crippen molar-refractivity contribution in [3.63, 3.8) is 0 Å². The van der Waals surface area contributed by atoms with Crippen molar-refractivity contribution in [1.29, 1.82) is 0 Å². The summed E-state index contributed by atoms with van der Waals surface area (Å²) in [5.74, 6) is -1.19. The van der Waals surface area contributed by atoms with Gasteiger partial charge in [-0.15, -0.1) is 0 Å². The number of esters is 1. The second-order valence-corrected chi connectivity index (χ2v) is 7.43. The lowest BCUT2D eigenvalue weighted by Crippen LogP contribution is -2.19. The second-order valence-electron chi connectivity index (χ2n) is 6.50. The molecule has 4 aromatic rings. The van der Waals surface area contributed by atoms with Crippen molar-refractivity contribution >= 4 is 41.0 Å². The molecule has 160 valence electrons. The summed E-state index contributed by atoms with van der Waals surface area (Å²) in [7, 11) is 0. The van der Waals surface area contributed by atoms with Gasteiger partial charge in [0.2, 0.25) is 0 Å². The van der Waals surface area contributed by atoms with E-state index in [1.165, 1.54) is 24.4 Å². The first-order valence-electron chi connectivity index (χ1n) is 9.45. The van der Waals surface area contributed by atoms with Crippen molar-refractivity contribution < 1.29 is 23.1 Å². The number of amides is 1. The first-order valence-corrected chi connectivity index (χ1v) is 10.4. The van der Waals surface area contributed by atoms with Crippen LogP contribution < -0.4 is 10.2 Å². The van der Waals surface area contributed by atoms with Gasteiger partial charge >= 0.3 is 5.97 Å². The smallest absolute Gasteiger partial charge is 0.343 e. The molecule has 1 heterocycles. The van der Waals surface area contributed by atoms with Crippen LogP contribution in [0.2, 0.25) is 0 Å². The van der Waals surface area contributed by atoms with E-state index in [-0.39, 0.29) is 23.0 Å². The number of thioether (sulfide) groups is 1. The van der Waals surface area contributed by atoms with Gasteiger partial charge in [0, 0.05) is 0 Å². The van der Waals surface area contributed by atoms with Crippen molar-refractivity contribution in [3.8, 4) is 5.75 Å². The van der Waals surface area contributed by atoms with Crippen LogP contribution in [-0.2, 0) is 4.79 Å². The molecule has 9 heteroatoms. The van der Waals surface area contributed by atoms with Crippen LogP contribution in [0.4, 0.5) is 4.39 Å². The van der Waals surface area contributed by atoms with Crippen LogP contribution >= 0.6 is 11.8 Å². The third-order valence-electron chi connectivity index (χ3n) is 4.13. The largest absolute Gasteiger partial charge is 0.431 e. The van der Waals surface area contributed by atoms with E-state index in [4.69, 9.17) is 9.15 Å². The number of carbonyl (C=O) groups is 2. The number of oxazole rings is 1. The van der Waals surface area contributed by atoms with Gasteiger partial charge in [0.1, 0.15) is 17.1 Å². The zero-order valence-corrected chi connectivity index (χ0v) is 17.3. The van der Waals surface area contributed by atoms with Gasteiger partial charge in [0.15, 0.2) is 5.58 Å². The summed E-state index contributed by atoms with van der Waals surface area (Å²) in [6.07, 6.45) is 1.42. The summed E-state index contributed by atoms with van der Waals surface area (Å²) >= 11 is 1.16. The van der Waals surface area contributed by atoms with Crippen LogP contribution in [0.3, 0.4) is 0 Å². The van der Waals surface area contributed by atoms with E-state index in [0.717, 1.165) is 23.3 Å². The minimum atomic E-state index is -0.678. The third kappa shape index (κ3) is 5.58. The number of hydrogen-bond donors (Lipinski definition) is 1. The van der Waals surface area contributed by atoms with Crippen LogP contribution in [-0.4, -0.2) is 28.8 Å². The zero-order valence-electron chi connectivity index (χ0n) is 16.5. The fourth-order valence-corrected chi connectivity index (χ4v) is 3.32. The van der Waals surface area contributed by atoms with Gasteiger partial charge < -0.3 is 9.15 Å². The summed E-state index contributed by atoms with van der Waals surface area (Å²) < 4.78 is 24.1. The molecule has 0 bridgehead atoms. The molecule has 0 radical (unpaired) electrons. The SMILES string of the molecule is O=C(CSc1nc2ccccc2o1)N/N=C\c1cccc(OC(=O)c2cccc(F)c2)c1. The van der Waals surface area contributed by atoms with E-state index < -0.39 is 11.8 Å². The number of fused-ring (bicyclic) bond motifs is 1. The van der Waals surface area contributed by atoms with Crippen LogP contribution in [0.25, 0.3) is 11.1 Å². The summed E-state index contributed by atoms with van der Waals surface area (Å²) in [4.78, 5) is 28.4. The van der Waals surface area contributed by atoms with E-state index in [9.17, 15) is 14.0 Å². The quantitative estimate of drug-likeness (QED) is 0.148. The first-order chi connectivity index (χ1) is 15.6. The minimum absolute atomic E-state index is 0.0788. The van der Waals surface area contributed by atoms with Crippen LogP contribution in [0.15, 0.2) is 87.5 Å². The number of nitrogens with zero attached hydrogens (tertiary/aromatic N) is 2. The fraction of sp³-hybridized carbons (Fsp3) is 0.0435. The average molecular weight is 449 g/mol. The summed E-state index contributed by atoms with van der Waals surface area (Å²) in [6.45, 7) is 0. The Balaban J connectivity index is 1.29. The first kappa shape index (κ1) is 21.3. The van der Waals surface area contributed by atoms with Crippen LogP contribution in [0.5, 0.6) is 5.75 Å². The van der Waals surface area contributed by atoms with E-state index in [1.54, 1.807) is 30.3 Å². The molecule has 0 spiro atoms. The molecule has 0 aliphatic rings. The normalized spacial score (nSPS) is 11.0. The summed E-state index contributed by atoms with van der Waals surface area (Å²) in [6, 6.07) is 19.1. The van der Waals surface area contributed by atoms with Crippen molar-refractivity contribution in [2.24, 2.45) is 5.10 Å². The van der Waals surface area contributed by atoms with Crippen LogP contribution in [0, 0.1) is 5.82 Å². The maximum absolute atomic E-state index is 13.3. The molecule has 0 saturated heterocycles. The number of hydrazone groups is 1. The van der Waals surface area contributed by atoms with Gasteiger partial charge in [-0.3, -0.25) is 4.79 Å². The molecule has 1 aromatic heterocycles. The molecule has 0 saturated carbocycles. The van der Waals surface area contributed by atoms with E-state index in [2.05, 4.69) is 15.5 Å². The maximum Gasteiger partial charge on any atom is 0.343 e. The van der Waals surface area contributed by atoms with Crippen LogP contribution in [0.1, 0.15) is 15.9 Å². The molecular formula is C23H16FN3O4S. The predicted molar refractivity (Wildman–Crippen MR) is 118 cm³/mol. The lowest BCUT2D eigenvalue weighted by atomic mass is 10.2. The lowest BCUT2D eigenvalue weighted by molar-refractivity contribution is -0.118. The number of benzene rings is 3. The Morgan fingerprint density at radius 2 is 1.94 bits per heavy atom. The molecule has 0 aliphatic carbocycles. The third-order valence-corrected chi connectivity index (χ3v) is 4.96. The highest BCUT2D eigenvalue weighted by molar-refractivity contribution is 7.99. The Hall–Kier alpha value is -3.98. The number of para-hydroxylation sites is 2. The van der Waals surface area contributed by atoms with Gasteiger partial charge in [-0.05, 0) is 48.0 Å². The number of ether oxygens (including phenoxy) is 1. The standard InChI is InChI=1S/C23H16FN3O4S/c24-17-7-4-6-16(12-17)22(29)30-18-8-3-5-15(11-18)13-25-27-21(28)14-32-23-26-19-9-1-2-10-20(19)31-23/h1-13H,14H2,(H,27,28)/b25-13-. The van der Waals surface area contributed by atoms with Gasteiger partial charge in [0.05, 0.1) is 17.5 Å². The number of nitrogens with one attached hydrogen (secondary N) is 1. The lowest BCUT2D eigenvalue weighted by Gasteiger charge is -2.05. The predicted octanol–water partition coefficient (Wildman–Crippen LogP) is 4.43. The number of carbonyl (C=O) groups excluding carboxylic acids is 2. The highest BCUT2D eigenvalue weighted by Gasteiger charge is 2.10. The summed E-state index contributed by atoms with van der Waals surface area (Å²) in [5, 5.41) is 4.31. The van der Waals surface area contributed by atoms with Gasteiger partial charge in [-0.2, -0.15) is 5.10 Å². The van der Waals surface area contributed by atoms with E-state index >= 15 is 0 Å². The number of halogens is 1. The fourth-order valence-electron chi connectivity index (χ4n) is 2.69. The minimum Gasteiger partial charge on any atom is -0.431 e. The number of hydrogen-bond acceptors (Lipinski definition) is 7. The highest BCUT2D eigenvalue weighted by atomic mass is 32.2. The Labute approximate surface area is 186 Å². The topological polar surface area (TPSA) is 93.8 Å². The average Bonchev–Trinajstić information content (AvgIpc) is 3.21. The monoisotopic (exact) mass is 449 g/mol. The molecule has 4 rings (SSSR count). The maximum atomic E-state index is 13.3. The Kier molecular flexibility index (Phi) is 6.57. The van der Waals surface area contributed by atoms with Gasteiger partial charge in [0.25, 0.3) is 11.1 Å². The molecule has 1 N–H and O–H groups in total. The van der Waals surface area contributed by atoms with E-state index in [0.29, 0.717) is 16.4 Å². The van der Waals surface area contributed by atoms with Gasteiger partial charge in [-0.25, -0.2) is 19.6 Å². The highest BCUT2D eigenvalue weighted by Crippen LogP contribution is 2.22. The Morgan fingerprint density at radius 1 is 1.09 bits per heavy atom. The molecule has 1 amide bonds. The molecule has 7 nitrogen and oxygen atoms in total. The van der Waals surface area contributed by atoms with Crippen molar-refractivity contribution in [1.82, 2.24) is 10.4 Å². The zero-order chi connectivity index (χ0) is 22.3. The summed E-state index contributed by atoms with van der Waals surface area (Å²) in [5.41, 5.74) is 4.51. The second kappa shape index (κ2) is 9.88. The Morgan fingerprint density at radius 3 is 2.78 bits per heavy atom. The van der Waals surface area contributed by atoms with E-state index in [1.807, 2.05) is 18.2 Å². The van der Waals surface area contributed by atoms with Gasteiger partial charge in [-0.1, -0.05) is 42.1 Å². The van der Waals surface area contributed by atoms with Crippen molar-refractivity contribution in [3.05, 3.63) is 89.7 Å². The molecule has 3 aromatic carbocycles. The molecule has 0 fully saturated rings. The molecule has 0 unspecified atom stereocenters. The Bertz CT molecular complexity index is 1270. The molecule has 0 atom stereocenters. The van der Waals surface area contributed by atoms with Crippen molar-refractivity contribution in [2.75, 3.05) is 5.75 Å². The molecular weight excluding hydrogens is 433 g/mol. The molecule has 0 aliphatic heterocycles. The molecule has 32 heavy (non-hydrogen) atoms. The number of rotatable bonds is 7. The number of aromatic nitrogens is 1.